The van der Waals surface area contributed by atoms with Crippen LogP contribution in [0.1, 0.15) is 21.5 Å². The molecule has 9 heteroatoms. The van der Waals surface area contributed by atoms with Crippen molar-refractivity contribution in [1.29, 1.82) is 0 Å². The first kappa shape index (κ1) is 24.9. The second kappa shape index (κ2) is 11.5. The highest BCUT2D eigenvalue weighted by molar-refractivity contribution is 9.10. The van der Waals surface area contributed by atoms with E-state index in [0.29, 0.717) is 16.8 Å². The zero-order valence-corrected chi connectivity index (χ0v) is 20.6. The Morgan fingerprint density at radius 2 is 1.69 bits per heavy atom. The van der Waals surface area contributed by atoms with Gasteiger partial charge in [-0.15, -0.1) is 0 Å². The first-order chi connectivity index (χ1) is 17.4. The maximum absolute atomic E-state index is 13.2. The lowest BCUT2D eigenvalue weighted by atomic mass is 10.0. The smallest absolute Gasteiger partial charge is 0.267 e. The number of rotatable bonds is 8. The number of aromatic nitrogens is 1. The lowest BCUT2D eigenvalue weighted by Gasteiger charge is -2.19. The number of amides is 3. The lowest BCUT2D eigenvalue weighted by molar-refractivity contribution is -0.124. The van der Waals surface area contributed by atoms with Crippen LogP contribution in [0.2, 0.25) is 0 Å². The van der Waals surface area contributed by atoms with Crippen LogP contribution in [0.3, 0.4) is 0 Å². The number of carbonyl (C=O) groups excluding carboxylic acids is 3. The van der Waals surface area contributed by atoms with Crippen molar-refractivity contribution in [1.82, 2.24) is 15.8 Å². The largest absolute Gasteiger partial charge is 0.361 e. The zero-order chi connectivity index (χ0) is 25.5. The van der Waals surface area contributed by atoms with E-state index in [0.717, 1.165) is 20.9 Å². The number of aromatic amines is 1. The van der Waals surface area contributed by atoms with E-state index in [2.05, 4.69) is 31.5 Å². The number of carbonyl (C=O) groups is 3. The second-order valence-electron chi connectivity index (χ2n) is 8.02. The summed E-state index contributed by atoms with van der Waals surface area (Å²) in [4.78, 5) is 40.6. The minimum atomic E-state index is -0.840. The van der Waals surface area contributed by atoms with Crippen molar-refractivity contribution in [2.75, 3.05) is 5.32 Å². The number of para-hydroxylation sites is 1. The standard InChI is InChI=1S/C27H23BrN4O4/c28-20-10-12-21(13-11-20)30-27(35)24(15-19-16-29-23-4-2-1-3-22(19)23)31-26(34)18-8-5-17(6-9-18)7-14-25(33)32-36/h1-14,16,24,29,36H,15H2,(H,30,35)(H,31,34)(H,32,33)/b14-7+. The SMILES string of the molecule is O=C(/C=C/c1ccc(C(=O)NC(Cc2c[nH]c3ccccc23)C(=O)Nc2ccc(Br)cc2)cc1)NO. The first-order valence-corrected chi connectivity index (χ1v) is 11.9. The number of anilines is 1. The third kappa shape index (κ3) is 6.26. The van der Waals surface area contributed by atoms with Crippen LogP contribution in [-0.2, 0) is 16.0 Å². The van der Waals surface area contributed by atoms with Crippen LogP contribution in [0.5, 0.6) is 0 Å². The molecule has 0 aliphatic heterocycles. The summed E-state index contributed by atoms with van der Waals surface area (Å²) in [6.07, 6.45) is 4.80. The molecule has 8 nitrogen and oxygen atoms in total. The molecule has 0 spiro atoms. The van der Waals surface area contributed by atoms with Crippen molar-refractivity contribution >= 4 is 56.3 Å². The fourth-order valence-electron chi connectivity index (χ4n) is 3.69. The molecule has 0 radical (unpaired) electrons. The Morgan fingerprint density at radius 3 is 2.42 bits per heavy atom. The van der Waals surface area contributed by atoms with Gasteiger partial charge in [0.15, 0.2) is 0 Å². The van der Waals surface area contributed by atoms with Gasteiger partial charge >= 0.3 is 0 Å². The second-order valence-corrected chi connectivity index (χ2v) is 8.93. The number of hydroxylamine groups is 1. The molecule has 1 aromatic heterocycles. The van der Waals surface area contributed by atoms with Crippen LogP contribution in [-0.4, -0.2) is 34.0 Å². The first-order valence-electron chi connectivity index (χ1n) is 11.1. The van der Waals surface area contributed by atoms with E-state index < -0.39 is 17.9 Å². The summed E-state index contributed by atoms with van der Waals surface area (Å²) >= 11 is 3.38. The summed E-state index contributed by atoms with van der Waals surface area (Å²) in [5.74, 6) is -1.41. The number of halogens is 1. The van der Waals surface area contributed by atoms with Gasteiger partial charge in [-0.3, -0.25) is 19.6 Å². The normalized spacial score (nSPS) is 11.8. The number of hydrogen-bond donors (Lipinski definition) is 5. The third-order valence-electron chi connectivity index (χ3n) is 5.54. The van der Waals surface area contributed by atoms with Gasteiger partial charge in [-0.2, -0.15) is 0 Å². The predicted octanol–water partition coefficient (Wildman–Crippen LogP) is 4.43. The van der Waals surface area contributed by atoms with E-state index in [1.165, 1.54) is 17.6 Å². The lowest BCUT2D eigenvalue weighted by Crippen LogP contribution is -2.45. The Bertz CT molecular complexity index is 1410. The van der Waals surface area contributed by atoms with Gasteiger partial charge in [-0.25, -0.2) is 5.48 Å². The van der Waals surface area contributed by atoms with Crippen LogP contribution in [0.25, 0.3) is 17.0 Å². The molecule has 0 fully saturated rings. The van der Waals surface area contributed by atoms with Crippen molar-refractivity contribution in [2.24, 2.45) is 0 Å². The Kier molecular flexibility index (Phi) is 7.94. The molecule has 1 heterocycles. The quantitative estimate of drug-likeness (QED) is 0.127. The average Bonchev–Trinajstić information content (AvgIpc) is 3.31. The molecule has 0 aliphatic carbocycles. The third-order valence-corrected chi connectivity index (χ3v) is 6.07. The maximum Gasteiger partial charge on any atom is 0.267 e. The molecule has 36 heavy (non-hydrogen) atoms. The van der Waals surface area contributed by atoms with Crippen LogP contribution < -0.4 is 16.1 Å². The number of benzene rings is 3. The Morgan fingerprint density at radius 1 is 0.972 bits per heavy atom. The molecule has 3 amide bonds. The summed E-state index contributed by atoms with van der Waals surface area (Å²) in [5, 5.41) is 15.3. The summed E-state index contributed by atoms with van der Waals surface area (Å²) in [5.41, 5.74) is 5.01. The number of H-pyrrole nitrogens is 1. The molecule has 0 saturated heterocycles. The van der Waals surface area contributed by atoms with Gasteiger partial charge in [0.25, 0.3) is 11.8 Å². The molecule has 5 N–H and O–H groups in total. The summed E-state index contributed by atoms with van der Waals surface area (Å²) in [6, 6.07) is 20.6. The molecule has 0 aliphatic rings. The fraction of sp³-hybridized carbons (Fsp3) is 0.0741. The number of fused-ring (bicyclic) bond motifs is 1. The van der Waals surface area contributed by atoms with Gasteiger partial charge in [0.2, 0.25) is 5.91 Å². The number of hydrogen-bond acceptors (Lipinski definition) is 4. The van der Waals surface area contributed by atoms with Crippen molar-refractivity contribution in [3.8, 4) is 0 Å². The molecular formula is C27H23BrN4O4. The summed E-state index contributed by atoms with van der Waals surface area (Å²) in [6.45, 7) is 0. The molecular weight excluding hydrogens is 524 g/mol. The van der Waals surface area contributed by atoms with Crippen LogP contribution >= 0.6 is 15.9 Å². The van der Waals surface area contributed by atoms with Gasteiger partial charge in [-0.05, 0) is 59.7 Å². The molecule has 4 aromatic rings. The van der Waals surface area contributed by atoms with E-state index in [9.17, 15) is 14.4 Å². The highest BCUT2D eigenvalue weighted by Gasteiger charge is 2.23. The van der Waals surface area contributed by atoms with Gasteiger partial charge in [0, 0.05) is 45.3 Å². The van der Waals surface area contributed by atoms with E-state index in [4.69, 9.17) is 5.21 Å². The Labute approximate surface area is 215 Å². The Hall–Kier alpha value is -4.21. The average molecular weight is 547 g/mol. The van der Waals surface area contributed by atoms with Gasteiger partial charge in [-0.1, -0.05) is 46.3 Å². The molecule has 0 saturated carbocycles. The topological polar surface area (TPSA) is 123 Å². The van der Waals surface area contributed by atoms with Crippen LogP contribution in [0, 0.1) is 0 Å². The summed E-state index contributed by atoms with van der Waals surface area (Å²) < 4.78 is 0.888. The van der Waals surface area contributed by atoms with Crippen molar-refractivity contribution in [2.45, 2.75) is 12.5 Å². The van der Waals surface area contributed by atoms with Crippen molar-refractivity contribution in [3.05, 3.63) is 106 Å². The van der Waals surface area contributed by atoms with E-state index in [-0.39, 0.29) is 12.3 Å². The monoisotopic (exact) mass is 546 g/mol. The summed E-state index contributed by atoms with van der Waals surface area (Å²) in [7, 11) is 0. The van der Waals surface area contributed by atoms with Crippen LogP contribution in [0.4, 0.5) is 5.69 Å². The van der Waals surface area contributed by atoms with Crippen molar-refractivity contribution < 1.29 is 19.6 Å². The number of nitrogens with one attached hydrogen (secondary N) is 4. The van der Waals surface area contributed by atoms with E-state index in [1.54, 1.807) is 36.4 Å². The molecule has 4 rings (SSSR count). The minimum absolute atomic E-state index is 0.287. The minimum Gasteiger partial charge on any atom is -0.361 e. The molecule has 182 valence electrons. The van der Waals surface area contributed by atoms with Gasteiger partial charge in [0.05, 0.1) is 0 Å². The van der Waals surface area contributed by atoms with Gasteiger partial charge in [0.1, 0.15) is 6.04 Å². The Balaban J connectivity index is 1.54. The fourth-order valence-corrected chi connectivity index (χ4v) is 3.95. The molecule has 1 atom stereocenters. The predicted molar refractivity (Wildman–Crippen MR) is 141 cm³/mol. The van der Waals surface area contributed by atoms with Crippen LogP contribution in [0.15, 0.2) is 89.5 Å². The van der Waals surface area contributed by atoms with Gasteiger partial charge < -0.3 is 15.6 Å². The van der Waals surface area contributed by atoms with E-state index in [1.807, 2.05) is 42.6 Å². The molecule has 1 unspecified atom stereocenters. The van der Waals surface area contributed by atoms with Crippen molar-refractivity contribution in [3.63, 3.8) is 0 Å². The van der Waals surface area contributed by atoms with E-state index >= 15 is 0 Å². The molecule has 3 aromatic carbocycles. The highest BCUT2D eigenvalue weighted by Crippen LogP contribution is 2.20. The maximum atomic E-state index is 13.2. The zero-order valence-electron chi connectivity index (χ0n) is 19.0. The molecule has 0 bridgehead atoms. The highest BCUT2D eigenvalue weighted by atomic mass is 79.9.